The fourth-order valence-electron chi connectivity index (χ4n) is 2.24. The Labute approximate surface area is 125 Å². The van der Waals surface area contributed by atoms with E-state index < -0.39 is 0 Å². The van der Waals surface area contributed by atoms with E-state index in [1.807, 2.05) is 12.1 Å². The van der Waals surface area contributed by atoms with Crippen molar-refractivity contribution in [2.75, 3.05) is 5.32 Å². The number of aromatic nitrogens is 4. The van der Waals surface area contributed by atoms with Crippen LogP contribution in [-0.2, 0) is 6.54 Å². The topological polar surface area (TPSA) is 55.1 Å². The fraction of sp³-hybridized carbons (Fsp3) is 0.214. The van der Waals surface area contributed by atoms with Gasteiger partial charge in [0.1, 0.15) is 23.1 Å². The Bertz CT molecular complexity index is 791. The van der Waals surface area contributed by atoms with Gasteiger partial charge in [-0.2, -0.15) is 19.6 Å². The molecule has 1 N–H and O–H groups in total. The molecule has 108 valence electrons. The molecule has 0 aliphatic rings. The lowest BCUT2D eigenvalue weighted by Gasteiger charge is -2.10. The highest BCUT2D eigenvalue weighted by Gasteiger charge is 2.08. The second-order valence-corrected chi connectivity index (χ2v) is 5.22. The summed E-state index contributed by atoms with van der Waals surface area (Å²) in [6.07, 6.45) is 1.41. The first-order chi connectivity index (χ1) is 10.0. The molecule has 3 aromatic rings. The van der Waals surface area contributed by atoms with Crippen molar-refractivity contribution >= 4 is 23.2 Å². The average Bonchev–Trinajstić information content (AvgIpc) is 2.90. The molecular weight excluding hydrogens is 293 g/mol. The van der Waals surface area contributed by atoms with Gasteiger partial charge < -0.3 is 5.32 Å². The Morgan fingerprint density at radius 2 is 1.95 bits per heavy atom. The monoisotopic (exact) mass is 305 g/mol. The zero-order valence-electron chi connectivity index (χ0n) is 11.6. The Morgan fingerprint density at radius 3 is 2.67 bits per heavy atom. The van der Waals surface area contributed by atoms with E-state index in [1.54, 1.807) is 24.4 Å². The van der Waals surface area contributed by atoms with E-state index in [4.69, 9.17) is 11.6 Å². The van der Waals surface area contributed by atoms with Crippen molar-refractivity contribution < 1.29 is 4.39 Å². The Hall–Kier alpha value is -2.21. The molecule has 0 aliphatic heterocycles. The Balaban J connectivity index is 1.88. The van der Waals surface area contributed by atoms with Crippen LogP contribution in [0.4, 0.5) is 10.2 Å². The highest BCUT2D eigenvalue weighted by atomic mass is 35.5. The van der Waals surface area contributed by atoms with Gasteiger partial charge in [0, 0.05) is 12.6 Å². The molecular formula is C14H13ClFN5. The minimum atomic E-state index is -0.163. The van der Waals surface area contributed by atoms with E-state index in [0.717, 1.165) is 5.56 Å². The number of halogens is 2. The molecule has 0 fully saturated rings. The van der Waals surface area contributed by atoms with Crippen LogP contribution in [0, 0.1) is 19.7 Å². The molecule has 0 radical (unpaired) electrons. The average molecular weight is 306 g/mol. The van der Waals surface area contributed by atoms with Gasteiger partial charge in [0.05, 0.1) is 0 Å². The zero-order valence-corrected chi connectivity index (χ0v) is 12.3. The third-order valence-electron chi connectivity index (χ3n) is 3.19. The van der Waals surface area contributed by atoms with Crippen LogP contribution in [0.1, 0.15) is 16.7 Å². The SMILES string of the molecule is Cc1cc(CNc2cc(Cl)nc3ncnn23)cc(C)c1F. The van der Waals surface area contributed by atoms with Gasteiger partial charge in [-0.05, 0) is 30.5 Å². The van der Waals surface area contributed by atoms with E-state index in [9.17, 15) is 4.39 Å². The molecule has 0 saturated carbocycles. The zero-order chi connectivity index (χ0) is 15.0. The number of hydrogen-bond acceptors (Lipinski definition) is 4. The first kappa shape index (κ1) is 13.8. The smallest absolute Gasteiger partial charge is 0.255 e. The van der Waals surface area contributed by atoms with E-state index in [1.165, 1.54) is 6.33 Å². The van der Waals surface area contributed by atoms with Crippen LogP contribution >= 0.6 is 11.6 Å². The van der Waals surface area contributed by atoms with Crippen molar-refractivity contribution in [3.63, 3.8) is 0 Å². The third-order valence-corrected chi connectivity index (χ3v) is 3.38. The van der Waals surface area contributed by atoms with Crippen molar-refractivity contribution in [2.45, 2.75) is 20.4 Å². The first-order valence-corrected chi connectivity index (χ1v) is 6.78. The highest BCUT2D eigenvalue weighted by Crippen LogP contribution is 2.18. The van der Waals surface area contributed by atoms with Gasteiger partial charge in [0.25, 0.3) is 5.78 Å². The van der Waals surface area contributed by atoms with Gasteiger partial charge in [-0.1, -0.05) is 23.7 Å². The molecule has 7 heteroatoms. The summed E-state index contributed by atoms with van der Waals surface area (Å²) in [6.45, 7) is 4.03. The normalized spacial score (nSPS) is 11.0. The number of rotatable bonds is 3. The number of benzene rings is 1. The lowest BCUT2D eigenvalue weighted by atomic mass is 10.1. The summed E-state index contributed by atoms with van der Waals surface area (Å²) in [5.41, 5.74) is 2.24. The highest BCUT2D eigenvalue weighted by molar-refractivity contribution is 6.29. The summed E-state index contributed by atoms with van der Waals surface area (Å²) in [4.78, 5) is 8.06. The van der Waals surface area contributed by atoms with Crippen LogP contribution in [0.25, 0.3) is 5.78 Å². The number of anilines is 1. The van der Waals surface area contributed by atoms with Gasteiger partial charge in [0.15, 0.2) is 0 Å². The Kier molecular flexibility index (Phi) is 3.47. The molecule has 1 aromatic carbocycles. The molecule has 3 rings (SSSR count). The number of fused-ring (bicyclic) bond motifs is 1. The molecule has 2 aromatic heterocycles. The molecule has 5 nitrogen and oxygen atoms in total. The fourth-order valence-corrected chi connectivity index (χ4v) is 2.42. The predicted octanol–water partition coefficient (Wildman–Crippen LogP) is 3.15. The Morgan fingerprint density at radius 1 is 1.24 bits per heavy atom. The molecule has 2 heterocycles. The summed E-state index contributed by atoms with van der Waals surface area (Å²) >= 11 is 5.95. The van der Waals surface area contributed by atoms with E-state index >= 15 is 0 Å². The molecule has 0 unspecified atom stereocenters. The largest absolute Gasteiger partial charge is 0.366 e. The van der Waals surface area contributed by atoms with E-state index in [0.29, 0.717) is 34.4 Å². The molecule has 0 aliphatic carbocycles. The first-order valence-electron chi connectivity index (χ1n) is 6.40. The van der Waals surface area contributed by atoms with Gasteiger partial charge in [-0.25, -0.2) is 4.39 Å². The summed E-state index contributed by atoms with van der Waals surface area (Å²) in [5.74, 6) is 0.947. The van der Waals surface area contributed by atoms with Crippen molar-refractivity contribution in [3.8, 4) is 0 Å². The molecule has 0 bridgehead atoms. The second kappa shape index (κ2) is 5.29. The van der Waals surface area contributed by atoms with Crippen molar-refractivity contribution in [3.05, 3.63) is 52.2 Å². The summed E-state index contributed by atoms with van der Waals surface area (Å²) in [7, 11) is 0. The molecule has 0 saturated heterocycles. The van der Waals surface area contributed by atoms with E-state index in [-0.39, 0.29) is 5.82 Å². The summed E-state index contributed by atoms with van der Waals surface area (Å²) < 4.78 is 15.2. The number of nitrogens with one attached hydrogen (secondary N) is 1. The van der Waals surface area contributed by atoms with Gasteiger partial charge >= 0.3 is 0 Å². The van der Waals surface area contributed by atoms with Crippen LogP contribution in [0.15, 0.2) is 24.5 Å². The predicted molar refractivity (Wildman–Crippen MR) is 79.0 cm³/mol. The number of nitrogens with zero attached hydrogens (tertiary/aromatic N) is 4. The van der Waals surface area contributed by atoms with Crippen molar-refractivity contribution in [1.82, 2.24) is 19.6 Å². The van der Waals surface area contributed by atoms with Gasteiger partial charge in [0.2, 0.25) is 0 Å². The maximum Gasteiger partial charge on any atom is 0.255 e. The maximum atomic E-state index is 13.6. The van der Waals surface area contributed by atoms with Gasteiger partial charge in [-0.3, -0.25) is 0 Å². The molecule has 0 amide bonds. The number of aryl methyl sites for hydroxylation is 2. The van der Waals surface area contributed by atoms with Crippen LogP contribution in [0.3, 0.4) is 0 Å². The van der Waals surface area contributed by atoms with Crippen LogP contribution < -0.4 is 5.32 Å². The van der Waals surface area contributed by atoms with E-state index in [2.05, 4.69) is 20.4 Å². The second-order valence-electron chi connectivity index (χ2n) is 4.83. The molecule has 21 heavy (non-hydrogen) atoms. The van der Waals surface area contributed by atoms with Crippen LogP contribution in [0.2, 0.25) is 5.15 Å². The third kappa shape index (κ3) is 2.67. The molecule has 0 spiro atoms. The maximum absolute atomic E-state index is 13.6. The van der Waals surface area contributed by atoms with Crippen molar-refractivity contribution in [2.24, 2.45) is 0 Å². The quantitative estimate of drug-likeness (QED) is 0.755. The van der Waals surface area contributed by atoms with Crippen molar-refractivity contribution in [1.29, 1.82) is 0 Å². The van der Waals surface area contributed by atoms with Crippen LogP contribution in [-0.4, -0.2) is 19.6 Å². The summed E-state index contributed by atoms with van der Waals surface area (Å²) in [6, 6.07) is 5.31. The molecule has 0 atom stereocenters. The van der Waals surface area contributed by atoms with Crippen LogP contribution in [0.5, 0.6) is 0 Å². The standard InChI is InChI=1S/C14H13ClFN5/c1-8-3-10(4-9(2)13(8)16)6-17-12-5-11(15)20-14-18-7-19-21(12)14/h3-5,7,17H,6H2,1-2H3. The summed E-state index contributed by atoms with van der Waals surface area (Å²) in [5, 5.41) is 7.64. The number of hydrogen-bond donors (Lipinski definition) is 1. The minimum absolute atomic E-state index is 0.163. The minimum Gasteiger partial charge on any atom is -0.366 e. The lowest BCUT2D eigenvalue weighted by molar-refractivity contribution is 0.608. The lowest BCUT2D eigenvalue weighted by Crippen LogP contribution is -2.07. The van der Waals surface area contributed by atoms with Gasteiger partial charge in [-0.15, -0.1) is 0 Å².